The second-order valence-electron chi connectivity index (χ2n) is 5.37. The van der Waals surface area contributed by atoms with Gasteiger partial charge in [-0.05, 0) is 25.1 Å². The summed E-state index contributed by atoms with van der Waals surface area (Å²) in [6.07, 6.45) is 1.52. The first kappa shape index (κ1) is 16.0. The number of aromatic nitrogens is 1. The number of nitrogens with one attached hydrogen (secondary N) is 1. The van der Waals surface area contributed by atoms with E-state index in [9.17, 15) is 8.42 Å². The summed E-state index contributed by atoms with van der Waals surface area (Å²) in [5.74, 6) is 1.67. The SMILES string of the molecule is Cc1sc(-c2ccno2)cc1S(=O)(=O)Nc1ccc2c(c1)OCCO2. The Kier molecular flexibility index (Phi) is 3.89. The van der Waals surface area contributed by atoms with Gasteiger partial charge in [0.2, 0.25) is 0 Å². The summed E-state index contributed by atoms with van der Waals surface area (Å²) < 4.78 is 44.1. The van der Waals surface area contributed by atoms with Gasteiger partial charge in [-0.3, -0.25) is 4.72 Å². The van der Waals surface area contributed by atoms with Gasteiger partial charge in [0.15, 0.2) is 17.3 Å². The molecular formula is C16H14N2O5S2. The third-order valence-electron chi connectivity index (χ3n) is 3.64. The summed E-state index contributed by atoms with van der Waals surface area (Å²) >= 11 is 1.33. The molecule has 1 aliphatic rings. The zero-order valence-corrected chi connectivity index (χ0v) is 14.8. The molecular weight excluding hydrogens is 364 g/mol. The van der Waals surface area contributed by atoms with Crippen LogP contribution in [0.2, 0.25) is 0 Å². The van der Waals surface area contributed by atoms with Crippen LogP contribution in [0.15, 0.2) is 45.9 Å². The van der Waals surface area contributed by atoms with Crippen molar-refractivity contribution in [1.29, 1.82) is 0 Å². The fourth-order valence-electron chi connectivity index (χ4n) is 2.51. The Morgan fingerprint density at radius 2 is 1.92 bits per heavy atom. The molecule has 1 N–H and O–H groups in total. The molecule has 3 heterocycles. The van der Waals surface area contributed by atoms with E-state index in [1.807, 2.05) is 0 Å². The molecule has 0 bridgehead atoms. The quantitative estimate of drug-likeness (QED) is 0.749. The Balaban J connectivity index is 1.64. The highest BCUT2D eigenvalue weighted by Crippen LogP contribution is 2.36. The van der Waals surface area contributed by atoms with Crippen molar-refractivity contribution < 1.29 is 22.4 Å². The van der Waals surface area contributed by atoms with Gasteiger partial charge in [-0.1, -0.05) is 5.16 Å². The summed E-state index contributed by atoms with van der Waals surface area (Å²) in [6, 6.07) is 8.22. The van der Waals surface area contributed by atoms with Gasteiger partial charge < -0.3 is 14.0 Å². The van der Waals surface area contributed by atoms with Crippen molar-refractivity contribution in [2.75, 3.05) is 17.9 Å². The Morgan fingerprint density at radius 1 is 1.12 bits per heavy atom. The van der Waals surface area contributed by atoms with Crippen molar-refractivity contribution in [2.24, 2.45) is 0 Å². The average molecular weight is 378 g/mol. The van der Waals surface area contributed by atoms with Crippen molar-refractivity contribution in [3.8, 4) is 22.1 Å². The highest BCUT2D eigenvalue weighted by molar-refractivity contribution is 7.93. The van der Waals surface area contributed by atoms with E-state index >= 15 is 0 Å². The number of fused-ring (bicyclic) bond motifs is 1. The zero-order valence-electron chi connectivity index (χ0n) is 13.2. The normalized spacial score (nSPS) is 13.6. The van der Waals surface area contributed by atoms with E-state index < -0.39 is 10.0 Å². The molecule has 0 amide bonds. The van der Waals surface area contributed by atoms with E-state index in [0.717, 1.165) is 0 Å². The van der Waals surface area contributed by atoms with Gasteiger partial charge >= 0.3 is 0 Å². The summed E-state index contributed by atoms with van der Waals surface area (Å²) in [4.78, 5) is 1.58. The summed E-state index contributed by atoms with van der Waals surface area (Å²) in [5, 5.41) is 3.65. The zero-order chi connectivity index (χ0) is 17.4. The number of thiophene rings is 1. The molecule has 0 unspecified atom stereocenters. The van der Waals surface area contributed by atoms with Crippen molar-refractivity contribution in [3.05, 3.63) is 41.4 Å². The number of sulfonamides is 1. The van der Waals surface area contributed by atoms with Crippen LogP contribution in [0.5, 0.6) is 11.5 Å². The average Bonchev–Trinajstić information content (AvgIpc) is 3.24. The first-order valence-corrected chi connectivity index (χ1v) is 9.77. The van der Waals surface area contributed by atoms with Crippen LogP contribution in [-0.4, -0.2) is 26.8 Å². The summed E-state index contributed by atoms with van der Waals surface area (Å²) in [6.45, 7) is 2.67. The third kappa shape index (κ3) is 3.08. The van der Waals surface area contributed by atoms with Crippen LogP contribution in [0.1, 0.15) is 4.88 Å². The molecule has 0 aliphatic carbocycles. The number of aryl methyl sites for hydroxylation is 1. The number of nitrogens with zero attached hydrogens (tertiary/aromatic N) is 1. The second kappa shape index (κ2) is 6.08. The van der Waals surface area contributed by atoms with Crippen LogP contribution in [0.25, 0.3) is 10.6 Å². The van der Waals surface area contributed by atoms with E-state index in [1.165, 1.54) is 17.5 Å². The monoisotopic (exact) mass is 378 g/mol. The van der Waals surface area contributed by atoms with E-state index in [4.69, 9.17) is 14.0 Å². The molecule has 4 rings (SSSR count). The molecule has 0 saturated heterocycles. The van der Waals surface area contributed by atoms with Crippen LogP contribution in [0.3, 0.4) is 0 Å². The Labute approximate surface area is 148 Å². The number of hydrogen-bond acceptors (Lipinski definition) is 7. The number of benzene rings is 1. The van der Waals surface area contributed by atoms with Crippen LogP contribution in [-0.2, 0) is 10.0 Å². The van der Waals surface area contributed by atoms with E-state index in [1.54, 1.807) is 37.3 Å². The van der Waals surface area contributed by atoms with Crippen LogP contribution in [0.4, 0.5) is 5.69 Å². The lowest BCUT2D eigenvalue weighted by molar-refractivity contribution is 0.171. The van der Waals surface area contributed by atoms with Crippen LogP contribution < -0.4 is 14.2 Å². The number of ether oxygens (including phenoxy) is 2. The fraction of sp³-hybridized carbons (Fsp3) is 0.188. The largest absolute Gasteiger partial charge is 0.486 e. The smallest absolute Gasteiger partial charge is 0.263 e. The van der Waals surface area contributed by atoms with Gasteiger partial charge in [-0.2, -0.15) is 0 Å². The van der Waals surface area contributed by atoms with Gasteiger partial charge in [0.25, 0.3) is 10.0 Å². The first-order valence-electron chi connectivity index (χ1n) is 7.47. The molecule has 1 aromatic carbocycles. The number of hydrogen-bond donors (Lipinski definition) is 1. The summed E-state index contributed by atoms with van der Waals surface area (Å²) in [5.41, 5.74) is 0.413. The highest BCUT2D eigenvalue weighted by Gasteiger charge is 2.22. The lowest BCUT2D eigenvalue weighted by Crippen LogP contribution is -2.16. The van der Waals surface area contributed by atoms with Gasteiger partial charge in [0.05, 0.1) is 16.8 Å². The molecule has 9 heteroatoms. The minimum atomic E-state index is -3.74. The van der Waals surface area contributed by atoms with Crippen LogP contribution in [0, 0.1) is 6.92 Å². The topological polar surface area (TPSA) is 90.7 Å². The fourth-order valence-corrected chi connectivity index (χ4v) is 5.11. The maximum atomic E-state index is 12.8. The molecule has 0 saturated carbocycles. The van der Waals surface area contributed by atoms with Gasteiger partial charge in [0.1, 0.15) is 18.1 Å². The first-order chi connectivity index (χ1) is 12.0. The maximum Gasteiger partial charge on any atom is 0.263 e. The molecule has 0 spiro atoms. The number of rotatable bonds is 4. The van der Waals surface area contributed by atoms with Crippen molar-refractivity contribution in [2.45, 2.75) is 11.8 Å². The van der Waals surface area contributed by atoms with Crippen molar-refractivity contribution in [3.63, 3.8) is 0 Å². The molecule has 3 aromatic rings. The minimum Gasteiger partial charge on any atom is -0.486 e. The van der Waals surface area contributed by atoms with E-state index in [0.29, 0.717) is 45.9 Å². The predicted molar refractivity (Wildman–Crippen MR) is 92.8 cm³/mol. The molecule has 0 atom stereocenters. The summed E-state index contributed by atoms with van der Waals surface area (Å²) in [7, 11) is -3.74. The standard InChI is InChI=1S/C16H14N2O5S2/c1-10-16(9-15(24-10)13-4-5-17-23-13)25(19,20)18-11-2-3-12-14(8-11)22-7-6-21-12/h2-5,8-9,18H,6-7H2,1H3. The lowest BCUT2D eigenvalue weighted by atomic mass is 10.3. The van der Waals surface area contributed by atoms with Crippen LogP contribution >= 0.6 is 11.3 Å². The number of anilines is 1. The van der Waals surface area contributed by atoms with E-state index in [2.05, 4.69) is 9.88 Å². The maximum absolute atomic E-state index is 12.8. The van der Waals surface area contributed by atoms with Gasteiger partial charge in [0, 0.05) is 17.0 Å². The molecule has 2 aromatic heterocycles. The Morgan fingerprint density at radius 3 is 2.68 bits per heavy atom. The Bertz CT molecular complexity index is 1010. The predicted octanol–water partition coefficient (Wildman–Crippen LogP) is 3.28. The molecule has 1 aliphatic heterocycles. The molecule has 0 fully saturated rings. The van der Waals surface area contributed by atoms with Gasteiger partial charge in [-0.15, -0.1) is 11.3 Å². The van der Waals surface area contributed by atoms with Crippen molar-refractivity contribution in [1.82, 2.24) is 5.16 Å². The van der Waals surface area contributed by atoms with E-state index in [-0.39, 0.29) is 4.90 Å². The molecule has 7 nitrogen and oxygen atoms in total. The molecule has 25 heavy (non-hydrogen) atoms. The van der Waals surface area contributed by atoms with Gasteiger partial charge in [-0.25, -0.2) is 8.42 Å². The minimum absolute atomic E-state index is 0.207. The third-order valence-corrected chi connectivity index (χ3v) is 6.34. The molecule has 0 radical (unpaired) electrons. The van der Waals surface area contributed by atoms with Crippen molar-refractivity contribution >= 4 is 27.0 Å². The second-order valence-corrected chi connectivity index (χ2v) is 8.28. The molecule has 130 valence electrons. The lowest BCUT2D eigenvalue weighted by Gasteiger charge is -2.19. The Hall–Kier alpha value is -2.52. The highest BCUT2D eigenvalue weighted by atomic mass is 32.2.